The van der Waals surface area contributed by atoms with Gasteiger partial charge in [0.05, 0.1) is 18.8 Å². The zero-order valence-corrected chi connectivity index (χ0v) is 22.7. The molecule has 0 spiro atoms. The number of nitrogens with zero attached hydrogens (tertiary/aromatic N) is 1. The number of pyridine rings is 1. The van der Waals surface area contributed by atoms with Gasteiger partial charge in [-0.05, 0) is 80.8 Å². The van der Waals surface area contributed by atoms with Crippen LogP contribution in [0.5, 0.6) is 17.2 Å². The highest BCUT2D eigenvalue weighted by atomic mass is 19.3. The van der Waals surface area contributed by atoms with Gasteiger partial charge in [-0.3, -0.25) is 4.79 Å². The molecule has 1 saturated carbocycles. The number of ether oxygens (including phenoxy) is 2. The van der Waals surface area contributed by atoms with Gasteiger partial charge in [0.15, 0.2) is 11.5 Å². The van der Waals surface area contributed by atoms with E-state index in [2.05, 4.69) is 22.3 Å². The number of halogens is 3. The van der Waals surface area contributed by atoms with Crippen molar-refractivity contribution in [2.24, 2.45) is 5.92 Å². The number of rotatable bonds is 11. The molecule has 0 unspecified atom stereocenters. The molecule has 2 heterocycles. The van der Waals surface area contributed by atoms with Crippen LogP contribution in [-0.4, -0.2) is 54.0 Å². The van der Waals surface area contributed by atoms with Gasteiger partial charge in [0.25, 0.3) is 5.91 Å². The number of hydrogen-bond acceptors (Lipinski definition) is 7. The van der Waals surface area contributed by atoms with Gasteiger partial charge in [0.2, 0.25) is 0 Å². The summed E-state index contributed by atoms with van der Waals surface area (Å²) in [7, 11) is 0. The fourth-order valence-corrected chi connectivity index (χ4v) is 4.84. The number of amides is 1. The Hall–Kier alpha value is -3.83. The lowest BCUT2D eigenvalue weighted by atomic mass is 9.82. The largest absolute Gasteiger partial charge is 0.504 e. The fraction of sp³-hybridized carbons (Fsp3) is 0.400. The van der Waals surface area contributed by atoms with Gasteiger partial charge in [-0.1, -0.05) is 6.92 Å². The van der Waals surface area contributed by atoms with Crippen LogP contribution < -0.4 is 20.1 Å². The minimum atomic E-state index is -3.13. The Kier molecular flexibility index (Phi) is 7.85. The zero-order valence-electron chi connectivity index (χ0n) is 22.7. The number of fused-ring (bicyclic) bond motifs is 1. The van der Waals surface area contributed by atoms with E-state index >= 15 is 0 Å². The Bertz CT molecular complexity index is 1430. The number of nitrogens with one attached hydrogen (secondary N) is 2. The van der Waals surface area contributed by atoms with E-state index < -0.39 is 40.9 Å². The van der Waals surface area contributed by atoms with E-state index in [1.165, 1.54) is 38.0 Å². The molecule has 4 N–H and O–H groups in total. The highest BCUT2D eigenvalue weighted by molar-refractivity contribution is 5.94. The van der Waals surface area contributed by atoms with E-state index in [0.717, 1.165) is 24.2 Å². The molecule has 0 bridgehead atoms. The maximum atomic E-state index is 13.7. The van der Waals surface area contributed by atoms with Crippen molar-refractivity contribution in [3.05, 3.63) is 71.2 Å². The molecule has 8 nitrogen and oxygen atoms in total. The summed E-state index contributed by atoms with van der Waals surface area (Å²) in [5.74, 6) is -0.868. The molecular formula is C30H32F3N3O5. The number of aromatic hydroxyl groups is 1. The van der Waals surface area contributed by atoms with E-state index in [9.17, 15) is 28.2 Å². The first-order valence-corrected chi connectivity index (χ1v) is 13.4. The number of carbonyl (C=O) groups excluding carboxylic acids is 1. The van der Waals surface area contributed by atoms with Crippen molar-refractivity contribution >= 4 is 5.91 Å². The van der Waals surface area contributed by atoms with Crippen molar-refractivity contribution in [2.75, 3.05) is 26.2 Å². The van der Waals surface area contributed by atoms with Crippen molar-refractivity contribution in [2.45, 2.75) is 44.3 Å². The number of phenols is 1. The molecule has 1 fully saturated rings. The van der Waals surface area contributed by atoms with Crippen molar-refractivity contribution < 1.29 is 37.7 Å². The van der Waals surface area contributed by atoms with E-state index in [1.54, 1.807) is 18.2 Å². The van der Waals surface area contributed by atoms with Crippen LogP contribution in [0.3, 0.4) is 0 Å². The van der Waals surface area contributed by atoms with Gasteiger partial charge in [-0.2, -0.15) is 8.78 Å². The third-order valence-electron chi connectivity index (χ3n) is 7.50. The number of aromatic nitrogens is 1. The molecule has 0 radical (unpaired) electrons. The van der Waals surface area contributed by atoms with Gasteiger partial charge in [0.1, 0.15) is 22.9 Å². The molecule has 2 atom stereocenters. The topological polar surface area (TPSA) is 113 Å². The number of hydrogen-bond donors (Lipinski definition) is 4. The maximum absolute atomic E-state index is 13.7. The lowest BCUT2D eigenvalue weighted by molar-refractivity contribution is -0.0512. The number of phenolic OH excluding ortho intramolecular Hbond substituents is 1. The molecule has 1 aromatic heterocycles. The van der Waals surface area contributed by atoms with Gasteiger partial charge in [-0.25, -0.2) is 9.37 Å². The number of benzene rings is 2. The van der Waals surface area contributed by atoms with Crippen LogP contribution in [0.2, 0.25) is 0 Å². The van der Waals surface area contributed by atoms with E-state index in [1.807, 2.05) is 0 Å². The highest BCUT2D eigenvalue weighted by Gasteiger charge is 2.41. The van der Waals surface area contributed by atoms with Crippen molar-refractivity contribution in [1.29, 1.82) is 0 Å². The number of alkyl halides is 2. The van der Waals surface area contributed by atoms with Crippen LogP contribution >= 0.6 is 0 Å². The number of aliphatic hydroxyl groups is 1. The molecule has 1 amide bonds. The van der Waals surface area contributed by atoms with Crippen LogP contribution in [0.1, 0.15) is 48.3 Å². The molecule has 2 aromatic carbocycles. The van der Waals surface area contributed by atoms with Gasteiger partial charge >= 0.3 is 6.61 Å². The second kappa shape index (κ2) is 11.2. The maximum Gasteiger partial charge on any atom is 0.387 e. The summed E-state index contributed by atoms with van der Waals surface area (Å²) in [5, 5.41) is 27.6. The highest BCUT2D eigenvalue weighted by Crippen LogP contribution is 2.45. The summed E-state index contributed by atoms with van der Waals surface area (Å²) in [6.07, 6.45) is 2.45. The molecular weight excluding hydrogens is 539 g/mol. The fourth-order valence-electron chi connectivity index (χ4n) is 4.84. The molecule has 41 heavy (non-hydrogen) atoms. The molecule has 1 aliphatic heterocycles. The Labute approximate surface area is 235 Å². The second-order valence-electron chi connectivity index (χ2n) is 11.2. The van der Waals surface area contributed by atoms with Crippen LogP contribution in [0, 0.1) is 11.7 Å². The van der Waals surface area contributed by atoms with Crippen LogP contribution in [0.4, 0.5) is 13.2 Å². The molecule has 11 heteroatoms. The van der Waals surface area contributed by atoms with Gasteiger partial charge < -0.3 is 30.3 Å². The SMILES string of the molecule is C[C@]1(CNCC2CC2)COc2c1cc([C@@](C)(O)CNC(=O)c1ccc(OC(F)F)c(O)c1)nc2-c1ccc(F)cc1. The van der Waals surface area contributed by atoms with Crippen LogP contribution in [-0.2, 0) is 11.0 Å². The standard InChI is InChI=1S/C30H32F3N3O5/c1-29(14-34-13-17-3-4-17)16-40-26-21(29)12-24(36-25(26)18-5-8-20(31)9-6-18)30(2,39)15-35-27(38)19-7-10-23(22(37)11-19)41-28(32)33/h5-12,17,28,34,37,39H,3-4,13-16H2,1-2H3,(H,35,38)/t29-,30-/m0/s1. The number of carbonyl (C=O) groups is 1. The Balaban J connectivity index is 1.41. The lowest BCUT2D eigenvalue weighted by Crippen LogP contribution is -2.40. The van der Waals surface area contributed by atoms with E-state index in [-0.39, 0.29) is 17.8 Å². The summed E-state index contributed by atoms with van der Waals surface area (Å²) in [6, 6.07) is 10.9. The Morgan fingerprint density at radius 2 is 1.95 bits per heavy atom. The van der Waals surface area contributed by atoms with Gasteiger partial charge in [-0.15, -0.1) is 0 Å². The summed E-state index contributed by atoms with van der Waals surface area (Å²) in [4.78, 5) is 17.5. The second-order valence-corrected chi connectivity index (χ2v) is 11.2. The van der Waals surface area contributed by atoms with Crippen LogP contribution in [0.15, 0.2) is 48.5 Å². The summed E-state index contributed by atoms with van der Waals surface area (Å²) in [5.41, 5.74) is 0.0997. The smallest absolute Gasteiger partial charge is 0.387 e. The van der Waals surface area contributed by atoms with Crippen molar-refractivity contribution in [1.82, 2.24) is 15.6 Å². The van der Waals surface area contributed by atoms with Gasteiger partial charge in [0, 0.05) is 28.7 Å². The normalized spacial score (nSPS) is 19.4. The zero-order chi connectivity index (χ0) is 29.4. The Morgan fingerprint density at radius 1 is 1.22 bits per heavy atom. The molecule has 3 aromatic rings. The monoisotopic (exact) mass is 571 g/mol. The van der Waals surface area contributed by atoms with Crippen LogP contribution in [0.25, 0.3) is 11.3 Å². The van der Waals surface area contributed by atoms with E-state index in [4.69, 9.17) is 9.72 Å². The molecule has 218 valence electrons. The molecule has 5 rings (SSSR count). The van der Waals surface area contributed by atoms with Crippen molar-refractivity contribution in [3.8, 4) is 28.5 Å². The Morgan fingerprint density at radius 3 is 2.61 bits per heavy atom. The minimum Gasteiger partial charge on any atom is -0.504 e. The third-order valence-corrected chi connectivity index (χ3v) is 7.50. The van der Waals surface area contributed by atoms with E-state index in [0.29, 0.717) is 36.1 Å². The molecule has 0 saturated heterocycles. The summed E-state index contributed by atoms with van der Waals surface area (Å²) >= 11 is 0. The average Bonchev–Trinajstić information content (AvgIpc) is 3.70. The summed E-state index contributed by atoms with van der Waals surface area (Å²) in [6.45, 7) is 2.16. The quantitative estimate of drug-likeness (QED) is 0.269. The first-order chi connectivity index (χ1) is 19.4. The lowest BCUT2D eigenvalue weighted by Gasteiger charge is -2.27. The first kappa shape index (κ1) is 28.7. The summed E-state index contributed by atoms with van der Waals surface area (Å²) < 4.78 is 49.0. The molecule has 2 aliphatic rings. The van der Waals surface area contributed by atoms with Crippen molar-refractivity contribution in [3.63, 3.8) is 0 Å². The predicted octanol–water partition coefficient (Wildman–Crippen LogP) is 4.48. The average molecular weight is 572 g/mol. The minimum absolute atomic E-state index is 0.0171. The first-order valence-electron chi connectivity index (χ1n) is 13.4. The predicted molar refractivity (Wildman–Crippen MR) is 145 cm³/mol. The molecule has 1 aliphatic carbocycles. The third kappa shape index (κ3) is 6.41.